The van der Waals surface area contributed by atoms with Gasteiger partial charge in [-0.1, -0.05) is 13.0 Å². The van der Waals surface area contributed by atoms with Crippen molar-refractivity contribution in [3.8, 4) is 0 Å². The van der Waals surface area contributed by atoms with Gasteiger partial charge in [0, 0.05) is 16.1 Å². The highest BCUT2D eigenvalue weighted by Crippen LogP contribution is 2.22. The molecule has 0 saturated carbocycles. The van der Waals surface area contributed by atoms with Crippen molar-refractivity contribution < 1.29 is 9.18 Å². The topological polar surface area (TPSA) is 55.1 Å². The summed E-state index contributed by atoms with van der Waals surface area (Å²) in [5.74, 6) is -0.819. The van der Waals surface area contributed by atoms with Crippen molar-refractivity contribution in [2.24, 2.45) is 0 Å². The number of carbonyl (C=O) groups is 1. The molecule has 0 bridgehead atoms. The fourth-order valence-electron chi connectivity index (χ4n) is 1.85. The Morgan fingerprint density at radius 3 is 2.84 bits per heavy atom. The van der Waals surface area contributed by atoms with Crippen LogP contribution in [0.4, 0.5) is 10.1 Å². The number of halogens is 1. The first-order valence-electron chi connectivity index (χ1n) is 6.00. The van der Waals surface area contributed by atoms with Crippen molar-refractivity contribution >= 4 is 22.9 Å². The smallest absolute Gasteiger partial charge is 0.251 e. The number of nitrogens with two attached hydrogens (primary N) is 1. The summed E-state index contributed by atoms with van der Waals surface area (Å²) >= 11 is 1.59. The van der Waals surface area contributed by atoms with E-state index in [-0.39, 0.29) is 23.2 Å². The first-order chi connectivity index (χ1) is 9.10. The Morgan fingerprint density at radius 1 is 1.47 bits per heavy atom. The highest BCUT2D eigenvalue weighted by Gasteiger charge is 2.15. The molecule has 2 rings (SSSR count). The van der Waals surface area contributed by atoms with E-state index < -0.39 is 5.82 Å². The first-order valence-corrected chi connectivity index (χ1v) is 6.88. The van der Waals surface area contributed by atoms with Gasteiger partial charge in [0.15, 0.2) is 0 Å². The maximum atomic E-state index is 13.2. The van der Waals surface area contributed by atoms with E-state index in [0.717, 1.165) is 11.3 Å². The number of amides is 1. The van der Waals surface area contributed by atoms with Gasteiger partial charge in [-0.3, -0.25) is 4.79 Å². The van der Waals surface area contributed by atoms with Crippen LogP contribution in [0.3, 0.4) is 0 Å². The summed E-state index contributed by atoms with van der Waals surface area (Å²) in [6, 6.07) is 7.70. The number of thiophene rings is 1. The number of rotatable bonds is 4. The van der Waals surface area contributed by atoms with E-state index in [4.69, 9.17) is 5.73 Å². The van der Waals surface area contributed by atoms with Gasteiger partial charge in [0.1, 0.15) is 5.82 Å². The molecule has 1 atom stereocenters. The maximum Gasteiger partial charge on any atom is 0.251 e. The lowest BCUT2D eigenvalue weighted by atomic mass is 10.1. The summed E-state index contributed by atoms with van der Waals surface area (Å²) in [6.45, 7) is 1.99. The van der Waals surface area contributed by atoms with Gasteiger partial charge in [-0.25, -0.2) is 4.39 Å². The molecule has 1 amide bonds. The van der Waals surface area contributed by atoms with Gasteiger partial charge in [0.25, 0.3) is 5.91 Å². The zero-order valence-corrected chi connectivity index (χ0v) is 11.3. The molecule has 1 heterocycles. The second kappa shape index (κ2) is 5.84. The van der Waals surface area contributed by atoms with Gasteiger partial charge in [0.2, 0.25) is 0 Å². The normalized spacial score (nSPS) is 12.1. The van der Waals surface area contributed by atoms with Gasteiger partial charge in [0.05, 0.1) is 6.04 Å². The monoisotopic (exact) mass is 278 g/mol. The first kappa shape index (κ1) is 13.5. The molecule has 1 aromatic heterocycles. The summed E-state index contributed by atoms with van der Waals surface area (Å²) in [5.41, 5.74) is 6.02. The molecule has 0 spiro atoms. The van der Waals surface area contributed by atoms with E-state index in [1.807, 2.05) is 24.4 Å². The molecule has 2 aromatic rings. The van der Waals surface area contributed by atoms with E-state index >= 15 is 0 Å². The van der Waals surface area contributed by atoms with Crippen LogP contribution in [0.15, 0.2) is 35.7 Å². The van der Waals surface area contributed by atoms with Crippen LogP contribution < -0.4 is 11.1 Å². The van der Waals surface area contributed by atoms with Gasteiger partial charge in [-0.05, 0) is 36.1 Å². The lowest BCUT2D eigenvalue weighted by molar-refractivity contribution is 0.0936. The minimum Gasteiger partial charge on any atom is -0.399 e. The third-order valence-electron chi connectivity index (χ3n) is 2.78. The van der Waals surface area contributed by atoms with Gasteiger partial charge < -0.3 is 11.1 Å². The summed E-state index contributed by atoms with van der Waals surface area (Å²) in [6.07, 6.45) is 0.775. The van der Waals surface area contributed by atoms with Crippen LogP contribution in [0.25, 0.3) is 0 Å². The predicted molar refractivity (Wildman–Crippen MR) is 75.6 cm³/mol. The number of nitrogen functional groups attached to an aromatic ring is 1. The van der Waals surface area contributed by atoms with Gasteiger partial charge in [-0.15, -0.1) is 11.3 Å². The Balaban J connectivity index is 2.15. The number of carbonyl (C=O) groups excluding carboxylic acids is 1. The van der Waals surface area contributed by atoms with E-state index in [9.17, 15) is 9.18 Å². The number of hydrogen-bond acceptors (Lipinski definition) is 3. The molecule has 0 saturated heterocycles. The summed E-state index contributed by atoms with van der Waals surface area (Å²) in [5, 5.41) is 4.85. The number of benzene rings is 1. The highest BCUT2D eigenvalue weighted by molar-refractivity contribution is 7.10. The third kappa shape index (κ3) is 3.32. The Kier molecular flexibility index (Phi) is 4.16. The molecule has 5 heteroatoms. The molecule has 1 unspecified atom stereocenters. The Morgan fingerprint density at radius 2 is 2.26 bits per heavy atom. The zero-order chi connectivity index (χ0) is 13.8. The van der Waals surface area contributed by atoms with Crippen LogP contribution in [0.5, 0.6) is 0 Å². The molecular weight excluding hydrogens is 263 g/mol. The van der Waals surface area contributed by atoms with Crippen molar-refractivity contribution in [3.05, 3.63) is 52.0 Å². The number of nitrogens with one attached hydrogen (secondary N) is 1. The van der Waals surface area contributed by atoms with E-state index in [1.165, 1.54) is 18.2 Å². The quantitative estimate of drug-likeness (QED) is 0.843. The molecule has 0 aliphatic heterocycles. The van der Waals surface area contributed by atoms with Crippen LogP contribution in [-0.4, -0.2) is 5.91 Å². The largest absolute Gasteiger partial charge is 0.399 e. The van der Waals surface area contributed by atoms with Gasteiger partial charge >= 0.3 is 0 Å². The Bertz CT molecular complexity index is 549. The maximum absolute atomic E-state index is 13.2. The van der Waals surface area contributed by atoms with Crippen LogP contribution in [0, 0.1) is 5.82 Å². The lowest BCUT2D eigenvalue weighted by Gasteiger charge is -2.15. The Hall–Kier alpha value is -1.88. The zero-order valence-electron chi connectivity index (χ0n) is 10.5. The van der Waals surface area contributed by atoms with Crippen molar-refractivity contribution in [1.29, 1.82) is 0 Å². The van der Waals surface area contributed by atoms with Crippen molar-refractivity contribution in [1.82, 2.24) is 5.32 Å². The molecular formula is C14H15FN2OS. The second-order valence-corrected chi connectivity index (χ2v) is 5.20. The Labute approximate surface area is 115 Å². The van der Waals surface area contributed by atoms with Crippen LogP contribution in [0.2, 0.25) is 0 Å². The molecule has 100 valence electrons. The van der Waals surface area contributed by atoms with E-state index in [2.05, 4.69) is 5.32 Å². The molecule has 0 fully saturated rings. The summed E-state index contributed by atoms with van der Waals surface area (Å²) in [4.78, 5) is 13.2. The van der Waals surface area contributed by atoms with Crippen LogP contribution in [0.1, 0.15) is 34.6 Å². The molecule has 1 aromatic carbocycles. The minimum atomic E-state index is -0.505. The molecule has 0 radical (unpaired) electrons. The van der Waals surface area contributed by atoms with Crippen LogP contribution >= 0.6 is 11.3 Å². The fourth-order valence-corrected chi connectivity index (χ4v) is 2.71. The van der Waals surface area contributed by atoms with Crippen molar-refractivity contribution in [3.63, 3.8) is 0 Å². The predicted octanol–water partition coefficient (Wildman–Crippen LogP) is 3.35. The van der Waals surface area contributed by atoms with Crippen molar-refractivity contribution in [2.45, 2.75) is 19.4 Å². The fraction of sp³-hybridized carbons (Fsp3) is 0.214. The molecule has 0 aliphatic carbocycles. The summed E-state index contributed by atoms with van der Waals surface area (Å²) in [7, 11) is 0. The lowest BCUT2D eigenvalue weighted by Crippen LogP contribution is -2.27. The number of anilines is 1. The average Bonchev–Trinajstić information content (AvgIpc) is 2.88. The van der Waals surface area contributed by atoms with Gasteiger partial charge in [-0.2, -0.15) is 0 Å². The average molecular weight is 278 g/mol. The molecule has 19 heavy (non-hydrogen) atoms. The van der Waals surface area contributed by atoms with Crippen molar-refractivity contribution in [2.75, 3.05) is 5.73 Å². The molecule has 0 aliphatic rings. The van der Waals surface area contributed by atoms with E-state index in [1.54, 1.807) is 11.3 Å². The second-order valence-electron chi connectivity index (χ2n) is 4.22. The standard InChI is InChI=1S/C14H15FN2OS/c1-2-12(13-4-3-5-19-13)17-14(18)9-6-10(15)8-11(16)7-9/h3-8,12H,2,16H2,1H3,(H,17,18). The SMILES string of the molecule is CCC(NC(=O)c1cc(N)cc(F)c1)c1cccs1. The molecule has 3 nitrogen and oxygen atoms in total. The summed E-state index contributed by atoms with van der Waals surface area (Å²) < 4.78 is 13.2. The van der Waals surface area contributed by atoms with Crippen LogP contribution in [-0.2, 0) is 0 Å². The molecule has 3 N–H and O–H groups in total. The van der Waals surface area contributed by atoms with E-state index in [0.29, 0.717) is 0 Å². The number of hydrogen-bond donors (Lipinski definition) is 2. The third-order valence-corrected chi connectivity index (χ3v) is 3.77. The highest BCUT2D eigenvalue weighted by atomic mass is 32.1. The minimum absolute atomic E-state index is 0.0583.